The van der Waals surface area contributed by atoms with E-state index in [0.717, 1.165) is 5.69 Å². The lowest BCUT2D eigenvalue weighted by atomic mass is 9.77. The standard InChI is InChI=1S/C22H22ClN3O5/c1-12-16(9-24-26(12)13-7-22(2,28)8-13)20-18(21(27)30-14-10-29-11-14)19(25-31-20)15-5-3-4-6-17(15)23/h3-6,9,13-14,28H,7-8,10-11H2,1-2H3. The summed E-state index contributed by atoms with van der Waals surface area (Å²) in [6.45, 7) is 4.45. The molecular weight excluding hydrogens is 422 g/mol. The highest BCUT2D eigenvalue weighted by atomic mass is 35.5. The van der Waals surface area contributed by atoms with Crippen LogP contribution in [0.3, 0.4) is 0 Å². The van der Waals surface area contributed by atoms with Crippen LogP contribution in [0.5, 0.6) is 0 Å². The van der Waals surface area contributed by atoms with Gasteiger partial charge in [0.2, 0.25) is 0 Å². The summed E-state index contributed by atoms with van der Waals surface area (Å²) >= 11 is 6.37. The average Bonchev–Trinajstić information content (AvgIpc) is 3.26. The molecule has 2 fully saturated rings. The highest BCUT2D eigenvalue weighted by Gasteiger charge is 2.41. The van der Waals surface area contributed by atoms with E-state index in [1.807, 2.05) is 24.6 Å². The molecule has 9 heteroatoms. The Morgan fingerprint density at radius 3 is 2.68 bits per heavy atom. The number of hydrogen-bond donors (Lipinski definition) is 1. The van der Waals surface area contributed by atoms with Crippen molar-refractivity contribution < 1.29 is 23.9 Å². The second-order valence-corrected chi connectivity index (χ2v) is 8.83. The second-order valence-electron chi connectivity index (χ2n) is 8.43. The van der Waals surface area contributed by atoms with E-state index < -0.39 is 11.6 Å². The van der Waals surface area contributed by atoms with Crippen LogP contribution >= 0.6 is 11.6 Å². The van der Waals surface area contributed by atoms with Crippen LogP contribution in [0.25, 0.3) is 22.6 Å². The Morgan fingerprint density at radius 1 is 1.29 bits per heavy atom. The van der Waals surface area contributed by atoms with Gasteiger partial charge in [0.15, 0.2) is 5.76 Å². The molecule has 1 aliphatic heterocycles. The molecule has 0 atom stereocenters. The summed E-state index contributed by atoms with van der Waals surface area (Å²) in [5, 5.41) is 19.2. The number of rotatable bonds is 5. The first-order valence-corrected chi connectivity index (χ1v) is 10.5. The molecule has 5 rings (SSSR count). The molecule has 8 nitrogen and oxygen atoms in total. The number of aromatic nitrogens is 3. The number of carbonyl (C=O) groups excluding carboxylic acids is 1. The molecule has 162 valence electrons. The Morgan fingerprint density at radius 2 is 2.03 bits per heavy atom. The Labute approximate surface area is 183 Å². The Bertz CT molecular complexity index is 1140. The molecule has 3 heterocycles. The maximum Gasteiger partial charge on any atom is 0.344 e. The molecule has 0 bridgehead atoms. The van der Waals surface area contributed by atoms with Crippen molar-refractivity contribution >= 4 is 17.6 Å². The summed E-state index contributed by atoms with van der Waals surface area (Å²) in [6.07, 6.45) is 2.60. The number of aliphatic hydroxyl groups is 1. The largest absolute Gasteiger partial charge is 0.454 e. The summed E-state index contributed by atoms with van der Waals surface area (Å²) in [5.74, 6) is -0.256. The van der Waals surface area contributed by atoms with Crippen molar-refractivity contribution in [3.8, 4) is 22.6 Å². The van der Waals surface area contributed by atoms with Gasteiger partial charge in [-0.3, -0.25) is 4.68 Å². The lowest BCUT2D eigenvalue weighted by Gasteiger charge is -2.41. The number of esters is 1. The van der Waals surface area contributed by atoms with Crippen LogP contribution in [0.2, 0.25) is 5.02 Å². The van der Waals surface area contributed by atoms with Crippen LogP contribution in [-0.4, -0.2) is 50.9 Å². The second kappa shape index (κ2) is 7.47. The van der Waals surface area contributed by atoms with Gasteiger partial charge in [0.1, 0.15) is 17.4 Å². The lowest BCUT2D eigenvalue weighted by molar-refractivity contribution is -0.103. The van der Waals surface area contributed by atoms with Gasteiger partial charge in [-0.1, -0.05) is 35.0 Å². The van der Waals surface area contributed by atoms with Crippen LogP contribution in [0.4, 0.5) is 0 Å². The van der Waals surface area contributed by atoms with Gasteiger partial charge in [-0.05, 0) is 32.8 Å². The third-order valence-electron chi connectivity index (χ3n) is 5.89. The fraction of sp³-hybridized carbons (Fsp3) is 0.409. The highest BCUT2D eigenvalue weighted by Crippen LogP contribution is 2.43. The van der Waals surface area contributed by atoms with E-state index in [0.29, 0.717) is 47.9 Å². The molecule has 0 unspecified atom stereocenters. The minimum absolute atomic E-state index is 0.0947. The number of hydrogen-bond acceptors (Lipinski definition) is 7. The monoisotopic (exact) mass is 443 g/mol. The molecule has 1 saturated heterocycles. The molecule has 1 saturated carbocycles. The van der Waals surface area contributed by atoms with E-state index in [-0.39, 0.29) is 23.5 Å². The van der Waals surface area contributed by atoms with Crippen molar-refractivity contribution in [3.05, 3.63) is 46.7 Å². The smallest absolute Gasteiger partial charge is 0.344 e. The first-order chi connectivity index (χ1) is 14.8. The Kier molecular flexibility index (Phi) is 4.88. The molecule has 1 aromatic carbocycles. The SMILES string of the molecule is Cc1c(-c2onc(-c3ccccc3Cl)c2C(=O)OC2COC2)cnn1C1CC(C)(O)C1. The average molecular weight is 444 g/mol. The van der Waals surface area contributed by atoms with E-state index in [9.17, 15) is 9.90 Å². The van der Waals surface area contributed by atoms with Gasteiger partial charge >= 0.3 is 5.97 Å². The predicted molar refractivity (Wildman–Crippen MR) is 112 cm³/mol. The molecule has 2 aromatic heterocycles. The van der Waals surface area contributed by atoms with Gasteiger partial charge in [0.05, 0.1) is 41.6 Å². The van der Waals surface area contributed by atoms with Crippen molar-refractivity contribution in [3.63, 3.8) is 0 Å². The topological polar surface area (TPSA) is 99.6 Å². The molecule has 0 radical (unpaired) electrons. The molecular formula is C22H22ClN3O5. The fourth-order valence-electron chi connectivity index (χ4n) is 4.14. The quantitative estimate of drug-likeness (QED) is 0.598. The van der Waals surface area contributed by atoms with E-state index in [4.69, 9.17) is 25.6 Å². The summed E-state index contributed by atoms with van der Waals surface area (Å²) in [6, 6.07) is 7.22. The molecule has 31 heavy (non-hydrogen) atoms. The van der Waals surface area contributed by atoms with Crippen LogP contribution in [0, 0.1) is 6.92 Å². The summed E-state index contributed by atoms with van der Waals surface area (Å²) in [7, 11) is 0. The minimum atomic E-state index is -0.674. The van der Waals surface area contributed by atoms with Gasteiger partial charge in [-0.2, -0.15) is 5.10 Å². The van der Waals surface area contributed by atoms with Crippen LogP contribution < -0.4 is 0 Å². The first kappa shape index (κ1) is 20.2. The van der Waals surface area contributed by atoms with E-state index in [1.54, 1.807) is 24.4 Å². The molecule has 3 aromatic rings. The summed E-state index contributed by atoms with van der Waals surface area (Å²) < 4.78 is 18.2. The molecule has 0 spiro atoms. The zero-order valence-corrected chi connectivity index (χ0v) is 17.9. The predicted octanol–water partition coefficient (Wildman–Crippen LogP) is 3.81. The molecule has 0 amide bonds. The Hall–Kier alpha value is -2.68. The summed E-state index contributed by atoms with van der Waals surface area (Å²) in [5.41, 5.74) is 1.91. The van der Waals surface area contributed by atoms with Crippen LogP contribution in [0.1, 0.15) is 41.9 Å². The zero-order valence-electron chi connectivity index (χ0n) is 17.2. The van der Waals surface area contributed by atoms with Crippen molar-refractivity contribution in [1.82, 2.24) is 14.9 Å². The lowest BCUT2D eigenvalue weighted by Crippen LogP contribution is -2.42. The van der Waals surface area contributed by atoms with Gasteiger partial charge in [0.25, 0.3) is 0 Å². The third-order valence-corrected chi connectivity index (χ3v) is 6.22. The van der Waals surface area contributed by atoms with E-state index in [2.05, 4.69) is 10.3 Å². The number of carbonyl (C=O) groups is 1. The van der Waals surface area contributed by atoms with E-state index in [1.165, 1.54) is 0 Å². The molecule has 1 N–H and O–H groups in total. The minimum Gasteiger partial charge on any atom is -0.454 e. The fourth-order valence-corrected chi connectivity index (χ4v) is 4.36. The Balaban J connectivity index is 1.57. The first-order valence-electron chi connectivity index (χ1n) is 10.1. The maximum absolute atomic E-state index is 13.1. The van der Waals surface area contributed by atoms with Crippen LogP contribution in [0.15, 0.2) is 35.0 Å². The van der Waals surface area contributed by atoms with Crippen LogP contribution in [-0.2, 0) is 9.47 Å². The zero-order chi connectivity index (χ0) is 21.8. The van der Waals surface area contributed by atoms with Crippen molar-refractivity contribution in [1.29, 1.82) is 0 Å². The van der Waals surface area contributed by atoms with Crippen molar-refractivity contribution in [2.24, 2.45) is 0 Å². The summed E-state index contributed by atoms with van der Waals surface area (Å²) in [4.78, 5) is 13.1. The number of benzene rings is 1. The number of nitrogens with zero attached hydrogens (tertiary/aromatic N) is 3. The number of ether oxygens (including phenoxy) is 2. The third kappa shape index (κ3) is 3.54. The van der Waals surface area contributed by atoms with Gasteiger partial charge in [0, 0.05) is 11.3 Å². The van der Waals surface area contributed by atoms with Crippen molar-refractivity contribution in [2.75, 3.05) is 13.2 Å². The van der Waals surface area contributed by atoms with Crippen molar-refractivity contribution in [2.45, 2.75) is 44.4 Å². The maximum atomic E-state index is 13.1. The van der Waals surface area contributed by atoms with E-state index >= 15 is 0 Å². The van der Waals surface area contributed by atoms with Gasteiger partial charge in [-0.15, -0.1) is 0 Å². The normalized spacial score (nSPS) is 23.3. The highest BCUT2D eigenvalue weighted by molar-refractivity contribution is 6.33. The number of halogens is 1. The van der Waals surface area contributed by atoms with Gasteiger partial charge < -0.3 is 19.1 Å². The van der Waals surface area contributed by atoms with Gasteiger partial charge in [-0.25, -0.2) is 4.79 Å². The molecule has 2 aliphatic rings. The molecule has 1 aliphatic carbocycles.